The summed E-state index contributed by atoms with van der Waals surface area (Å²) in [5, 5.41) is 3.34. The van der Waals surface area contributed by atoms with Gasteiger partial charge in [0, 0.05) is 11.0 Å². The number of hydrogen-bond donors (Lipinski definition) is 3. The zero-order chi connectivity index (χ0) is 20.2. The van der Waals surface area contributed by atoms with Crippen LogP contribution in [-0.2, 0) is 9.59 Å². The van der Waals surface area contributed by atoms with E-state index in [0.29, 0.717) is 10.6 Å². The third-order valence-electron chi connectivity index (χ3n) is 3.74. The van der Waals surface area contributed by atoms with Crippen LogP contribution in [0, 0.1) is 12.3 Å². The highest BCUT2D eigenvalue weighted by Crippen LogP contribution is 2.27. The monoisotopic (exact) mass is 388 g/mol. The van der Waals surface area contributed by atoms with Gasteiger partial charge < -0.3 is 5.32 Å². The van der Waals surface area contributed by atoms with Gasteiger partial charge in [-0.15, -0.1) is 11.3 Å². The first kappa shape index (κ1) is 20.6. The molecule has 0 fully saturated rings. The second-order valence-corrected chi connectivity index (χ2v) is 8.19. The van der Waals surface area contributed by atoms with E-state index < -0.39 is 23.3 Å². The summed E-state index contributed by atoms with van der Waals surface area (Å²) in [6.07, 6.45) is 0. The molecule has 1 heterocycles. The minimum absolute atomic E-state index is 0.248. The van der Waals surface area contributed by atoms with Crippen molar-refractivity contribution in [1.29, 1.82) is 0 Å². The second-order valence-electron chi connectivity index (χ2n) is 7.19. The highest BCUT2D eigenvalue weighted by atomic mass is 32.1. The minimum Gasteiger partial charge on any atom is -0.344 e. The molecule has 0 aliphatic carbocycles. The summed E-state index contributed by atoms with van der Waals surface area (Å²) in [7, 11) is 0. The zero-order valence-corrected chi connectivity index (χ0v) is 16.9. The summed E-state index contributed by atoms with van der Waals surface area (Å²) >= 11 is 1.25. The fourth-order valence-corrected chi connectivity index (χ4v) is 3.04. The molecule has 0 saturated heterocycles. The molecule has 1 aromatic carbocycles. The normalized spacial score (nSPS) is 12.2. The van der Waals surface area contributed by atoms with E-state index in [2.05, 4.69) is 21.2 Å². The van der Waals surface area contributed by atoms with Gasteiger partial charge in [0.25, 0.3) is 11.8 Å². The van der Waals surface area contributed by atoms with Crippen molar-refractivity contribution in [3.63, 3.8) is 0 Å². The van der Waals surface area contributed by atoms with Gasteiger partial charge in [0.05, 0.1) is 5.69 Å². The largest absolute Gasteiger partial charge is 0.344 e. The molecule has 0 aliphatic heterocycles. The van der Waals surface area contributed by atoms with Crippen LogP contribution in [-0.4, -0.2) is 28.7 Å². The minimum atomic E-state index is -0.778. The van der Waals surface area contributed by atoms with Gasteiger partial charge >= 0.3 is 0 Å². The van der Waals surface area contributed by atoms with Crippen molar-refractivity contribution in [2.24, 2.45) is 5.41 Å². The van der Waals surface area contributed by atoms with Crippen molar-refractivity contribution in [3.8, 4) is 10.6 Å². The van der Waals surface area contributed by atoms with Crippen LogP contribution in [0.3, 0.4) is 0 Å². The van der Waals surface area contributed by atoms with Crippen molar-refractivity contribution in [3.05, 3.63) is 40.9 Å². The quantitative estimate of drug-likeness (QED) is 0.700. The third-order valence-corrected chi connectivity index (χ3v) is 4.95. The number of hydrogen-bond acceptors (Lipinski definition) is 5. The van der Waals surface area contributed by atoms with Gasteiger partial charge in [-0.1, -0.05) is 51.1 Å². The SMILES string of the molecule is Cc1nc(-c2ccccc2)sc1C(=O)NNC(=O)C(C)NC(=O)C(C)(C)C. The predicted octanol–water partition coefficient (Wildman–Crippen LogP) is 2.43. The van der Waals surface area contributed by atoms with Crippen LogP contribution in [0.1, 0.15) is 43.1 Å². The van der Waals surface area contributed by atoms with E-state index in [9.17, 15) is 14.4 Å². The van der Waals surface area contributed by atoms with Gasteiger partial charge in [-0.3, -0.25) is 25.2 Å². The maximum Gasteiger partial charge on any atom is 0.281 e. The van der Waals surface area contributed by atoms with Gasteiger partial charge in [0.15, 0.2) is 0 Å². The Bertz CT molecular complexity index is 840. The van der Waals surface area contributed by atoms with Crippen LogP contribution in [0.5, 0.6) is 0 Å². The van der Waals surface area contributed by atoms with Crippen LogP contribution in [0.4, 0.5) is 0 Å². The van der Waals surface area contributed by atoms with E-state index in [-0.39, 0.29) is 5.91 Å². The number of amides is 3. The highest BCUT2D eigenvalue weighted by molar-refractivity contribution is 7.17. The Balaban J connectivity index is 1.97. The maximum absolute atomic E-state index is 12.4. The molecule has 2 rings (SSSR count). The Morgan fingerprint density at radius 2 is 1.70 bits per heavy atom. The molecule has 0 saturated carbocycles. The molecule has 144 valence electrons. The maximum atomic E-state index is 12.4. The summed E-state index contributed by atoms with van der Waals surface area (Å²) < 4.78 is 0. The molecule has 27 heavy (non-hydrogen) atoms. The molecule has 3 N–H and O–H groups in total. The lowest BCUT2D eigenvalue weighted by Gasteiger charge is -2.21. The molecule has 3 amide bonds. The third kappa shape index (κ3) is 5.37. The summed E-state index contributed by atoms with van der Waals surface area (Å²) in [5.74, 6) is -1.21. The summed E-state index contributed by atoms with van der Waals surface area (Å²) in [6, 6.07) is 8.77. The Kier molecular flexibility index (Phi) is 6.32. The molecule has 2 aromatic rings. The lowest BCUT2D eigenvalue weighted by molar-refractivity contribution is -0.133. The fourth-order valence-electron chi connectivity index (χ4n) is 2.07. The molecule has 7 nitrogen and oxygen atoms in total. The van der Waals surface area contributed by atoms with Crippen LogP contribution in [0.2, 0.25) is 0 Å². The average molecular weight is 388 g/mol. The highest BCUT2D eigenvalue weighted by Gasteiger charge is 2.25. The number of thiazole rings is 1. The number of benzene rings is 1. The van der Waals surface area contributed by atoms with Crippen molar-refractivity contribution in [2.45, 2.75) is 40.7 Å². The van der Waals surface area contributed by atoms with Crippen molar-refractivity contribution in [1.82, 2.24) is 21.2 Å². The van der Waals surface area contributed by atoms with Crippen LogP contribution in [0.15, 0.2) is 30.3 Å². The molecular formula is C19H24N4O3S. The average Bonchev–Trinajstić information content (AvgIpc) is 3.01. The molecule has 1 atom stereocenters. The summed E-state index contributed by atoms with van der Waals surface area (Å²) in [4.78, 5) is 41.2. The van der Waals surface area contributed by atoms with Crippen molar-refractivity contribution in [2.75, 3.05) is 0 Å². The summed E-state index contributed by atoms with van der Waals surface area (Å²) in [5.41, 5.74) is 5.62. The van der Waals surface area contributed by atoms with E-state index in [1.54, 1.807) is 34.6 Å². The number of aryl methyl sites for hydroxylation is 1. The molecule has 0 radical (unpaired) electrons. The second kappa shape index (κ2) is 8.30. The van der Waals surface area contributed by atoms with E-state index in [1.165, 1.54) is 11.3 Å². The number of nitrogens with one attached hydrogen (secondary N) is 3. The van der Waals surface area contributed by atoms with Gasteiger partial charge in [0.1, 0.15) is 15.9 Å². The molecule has 0 spiro atoms. The lowest BCUT2D eigenvalue weighted by atomic mass is 9.95. The molecule has 8 heteroatoms. The number of nitrogens with zero attached hydrogens (tertiary/aromatic N) is 1. The Hall–Kier alpha value is -2.74. The molecule has 1 unspecified atom stereocenters. The first-order valence-corrected chi connectivity index (χ1v) is 9.35. The fraction of sp³-hybridized carbons (Fsp3) is 0.368. The standard InChI is InChI=1S/C19H24N4O3S/c1-11-14(27-17(20-11)13-9-7-6-8-10-13)16(25)23-22-15(24)12(2)21-18(26)19(3,4)5/h6-10,12H,1-5H3,(H,21,26)(H,22,24)(H,23,25). The first-order chi connectivity index (χ1) is 12.6. The van der Waals surface area contributed by atoms with Crippen LogP contribution < -0.4 is 16.2 Å². The van der Waals surface area contributed by atoms with Gasteiger partial charge in [-0.2, -0.15) is 0 Å². The first-order valence-electron chi connectivity index (χ1n) is 8.53. The van der Waals surface area contributed by atoms with Gasteiger partial charge in [-0.25, -0.2) is 4.98 Å². The van der Waals surface area contributed by atoms with E-state index >= 15 is 0 Å². The van der Waals surface area contributed by atoms with Crippen LogP contribution in [0.25, 0.3) is 10.6 Å². The van der Waals surface area contributed by atoms with Crippen molar-refractivity contribution < 1.29 is 14.4 Å². The number of aromatic nitrogens is 1. The summed E-state index contributed by atoms with van der Waals surface area (Å²) in [6.45, 7) is 8.56. The molecule has 0 aliphatic rings. The number of carbonyl (C=O) groups excluding carboxylic acids is 3. The molecule has 0 bridgehead atoms. The van der Waals surface area contributed by atoms with Gasteiger partial charge in [-0.05, 0) is 13.8 Å². The molecule has 1 aromatic heterocycles. The van der Waals surface area contributed by atoms with Gasteiger partial charge in [0.2, 0.25) is 5.91 Å². The zero-order valence-electron chi connectivity index (χ0n) is 16.0. The van der Waals surface area contributed by atoms with Crippen LogP contribution >= 0.6 is 11.3 Å². The smallest absolute Gasteiger partial charge is 0.281 e. The Morgan fingerprint density at radius 3 is 2.30 bits per heavy atom. The van der Waals surface area contributed by atoms with Crippen molar-refractivity contribution >= 4 is 29.1 Å². The van der Waals surface area contributed by atoms with E-state index in [0.717, 1.165) is 10.6 Å². The Labute approximate surface area is 162 Å². The molecular weight excluding hydrogens is 364 g/mol. The predicted molar refractivity (Wildman–Crippen MR) is 105 cm³/mol. The topological polar surface area (TPSA) is 100 Å². The lowest BCUT2D eigenvalue weighted by Crippen LogP contribution is -2.52. The number of carbonyl (C=O) groups is 3. The number of rotatable bonds is 4. The Morgan fingerprint density at radius 1 is 1.07 bits per heavy atom. The van der Waals surface area contributed by atoms with E-state index in [1.807, 2.05) is 30.3 Å². The number of hydrazine groups is 1. The van der Waals surface area contributed by atoms with E-state index in [4.69, 9.17) is 0 Å².